The van der Waals surface area contributed by atoms with Crippen LogP contribution in [0.3, 0.4) is 0 Å². The number of rotatable bonds is 6. The van der Waals surface area contributed by atoms with Crippen LogP contribution in [0.1, 0.15) is 20.3 Å². The molecule has 1 aliphatic rings. The zero-order valence-corrected chi connectivity index (χ0v) is 10.1. The lowest BCUT2D eigenvalue weighted by Gasteiger charge is -2.35. The molecule has 0 aromatic rings. The lowest BCUT2D eigenvalue weighted by molar-refractivity contribution is 0.00218. The second kappa shape index (κ2) is 5.59. The monoisotopic (exact) mass is 220 g/mol. The van der Waals surface area contributed by atoms with Crippen molar-refractivity contribution in [1.82, 2.24) is 0 Å². The maximum absolute atomic E-state index is 5.53. The molecule has 0 saturated carbocycles. The highest BCUT2D eigenvalue weighted by Crippen LogP contribution is 2.35. The lowest BCUT2D eigenvalue weighted by atomic mass is 9.77. The first-order chi connectivity index (χ1) is 7.62. The molecular formula is C14H20O2. The summed E-state index contributed by atoms with van der Waals surface area (Å²) >= 11 is 0. The van der Waals surface area contributed by atoms with Gasteiger partial charge in [0.1, 0.15) is 12.7 Å². The minimum atomic E-state index is -0.0449. The van der Waals surface area contributed by atoms with Gasteiger partial charge in [0, 0.05) is 5.41 Å². The third-order valence-corrected chi connectivity index (χ3v) is 2.95. The summed E-state index contributed by atoms with van der Waals surface area (Å²) in [5, 5.41) is 0. The maximum Gasteiger partial charge on any atom is 0.141 e. The Morgan fingerprint density at radius 2 is 2.25 bits per heavy atom. The Hall–Kier alpha value is -1.44. The first-order valence-electron chi connectivity index (χ1n) is 5.47. The summed E-state index contributed by atoms with van der Waals surface area (Å²) < 4.78 is 10.8. The Labute approximate surface area is 97.9 Å². The van der Waals surface area contributed by atoms with Gasteiger partial charge in [-0.3, -0.25) is 0 Å². The van der Waals surface area contributed by atoms with Crippen LogP contribution in [0.25, 0.3) is 0 Å². The molecule has 0 aromatic carbocycles. The molecule has 0 aliphatic heterocycles. The summed E-state index contributed by atoms with van der Waals surface area (Å²) in [5.74, 6) is 0. The van der Waals surface area contributed by atoms with Gasteiger partial charge in [-0.15, -0.1) is 0 Å². The summed E-state index contributed by atoms with van der Waals surface area (Å²) in [6, 6.07) is 0. The summed E-state index contributed by atoms with van der Waals surface area (Å²) in [7, 11) is 0. The van der Waals surface area contributed by atoms with Crippen molar-refractivity contribution in [2.45, 2.75) is 26.4 Å². The van der Waals surface area contributed by atoms with Crippen LogP contribution < -0.4 is 0 Å². The van der Waals surface area contributed by atoms with E-state index in [4.69, 9.17) is 9.47 Å². The Kier molecular flexibility index (Phi) is 4.41. The van der Waals surface area contributed by atoms with Crippen LogP contribution in [0.5, 0.6) is 0 Å². The fourth-order valence-corrected chi connectivity index (χ4v) is 1.73. The topological polar surface area (TPSA) is 18.5 Å². The Morgan fingerprint density at radius 1 is 1.50 bits per heavy atom. The average Bonchev–Trinajstić information content (AvgIpc) is 2.28. The third-order valence-electron chi connectivity index (χ3n) is 2.95. The molecular weight excluding hydrogens is 200 g/mol. The predicted octanol–water partition coefficient (Wildman–Crippen LogP) is 3.59. The highest BCUT2D eigenvalue weighted by Gasteiger charge is 2.33. The van der Waals surface area contributed by atoms with E-state index in [-0.39, 0.29) is 11.5 Å². The molecule has 0 heterocycles. The number of hydrogen-bond donors (Lipinski definition) is 0. The summed E-state index contributed by atoms with van der Waals surface area (Å²) in [4.78, 5) is 0. The Bertz CT molecular complexity index is 315. The van der Waals surface area contributed by atoms with E-state index in [2.05, 4.69) is 45.2 Å². The van der Waals surface area contributed by atoms with Crippen LogP contribution in [0, 0.1) is 5.41 Å². The van der Waals surface area contributed by atoms with Gasteiger partial charge >= 0.3 is 0 Å². The van der Waals surface area contributed by atoms with E-state index < -0.39 is 0 Å². The summed E-state index contributed by atoms with van der Waals surface area (Å²) in [6.45, 7) is 11.9. The van der Waals surface area contributed by atoms with E-state index in [9.17, 15) is 0 Å². The second-order valence-corrected chi connectivity index (χ2v) is 4.28. The largest absolute Gasteiger partial charge is 0.498 e. The third kappa shape index (κ3) is 3.02. The molecule has 0 amide bonds. The van der Waals surface area contributed by atoms with Gasteiger partial charge in [0.15, 0.2) is 0 Å². The van der Waals surface area contributed by atoms with E-state index >= 15 is 0 Å². The molecule has 0 saturated heterocycles. The van der Waals surface area contributed by atoms with E-state index in [1.165, 1.54) is 18.1 Å². The normalized spacial score (nSPS) is 25.5. The molecule has 0 bridgehead atoms. The van der Waals surface area contributed by atoms with Crippen molar-refractivity contribution in [2.75, 3.05) is 6.61 Å². The van der Waals surface area contributed by atoms with Crippen LogP contribution in [0.2, 0.25) is 0 Å². The smallest absolute Gasteiger partial charge is 0.141 e. The molecule has 1 aliphatic carbocycles. The van der Waals surface area contributed by atoms with Gasteiger partial charge in [-0.25, -0.2) is 0 Å². The minimum absolute atomic E-state index is 0.0383. The number of ether oxygens (including phenoxy) is 2. The summed E-state index contributed by atoms with van der Waals surface area (Å²) in [6.07, 6.45) is 10.3. The van der Waals surface area contributed by atoms with E-state index in [1.807, 2.05) is 0 Å². The molecule has 0 aromatic heterocycles. The highest BCUT2D eigenvalue weighted by molar-refractivity contribution is 5.25. The van der Waals surface area contributed by atoms with Gasteiger partial charge in [0.05, 0.1) is 12.5 Å². The van der Waals surface area contributed by atoms with Crippen molar-refractivity contribution < 1.29 is 9.47 Å². The number of allylic oxidation sites excluding steroid dienone is 3. The van der Waals surface area contributed by atoms with Crippen LogP contribution in [0.15, 0.2) is 49.5 Å². The lowest BCUT2D eigenvalue weighted by Crippen LogP contribution is -2.36. The molecule has 0 N–H and O–H groups in total. The zero-order valence-electron chi connectivity index (χ0n) is 10.1. The first-order valence-corrected chi connectivity index (χ1v) is 5.47. The quantitative estimate of drug-likeness (QED) is 0.637. The molecule has 0 radical (unpaired) electrons. The molecule has 1 rings (SSSR count). The van der Waals surface area contributed by atoms with Crippen LogP contribution >= 0.6 is 0 Å². The van der Waals surface area contributed by atoms with Crippen molar-refractivity contribution in [3.8, 4) is 0 Å². The van der Waals surface area contributed by atoms with E-state index in [1.54, 1.807) is 0 Å². The van der Waals surface area contributed by atoms with Crippen molar-refractivity contribution in [3.05, 3.63) is 49.5 Å². The molecule has 0 fully saturated rings. The number of hydrogen-bond acceptors (Lipinski definition) is 2. The van der Waals surface area contributed by atoms with E-state index in [0.717, 1.165) is 6.42 Å². The molecule has 16 heavy (non-hydrogen) atoms. The molecule has 0 spiro atoms. The van der Waals surface area contributed by atoms with Gasteiger partial charge < -0.3 is 9.47 Å². The zero-order chi connectivity index (χ0) is 12.0. The standard InChI is InChI=1S/C14H20O2/c1-5-15-11-13(16-6-2)14(4)9-7-12(3)8-10-14/h5-9,13H,1-2,10-11H2,3-4H3. The highest BCUT2D eigenvalue weighted by atomic mass is 16.5. The van der Waals surface area contributed by atoms with Crippen LogP contribution in [-0.4, -0.2) is 12.7 Å². The summed E-state index contributed by atoms with van der Waals surface area (Å²) in [5.41, 5.74) is 1.25. The Morgan fingerprint density at radius 3 is 2.75 bits per heavy atom. The Balaban J connectivity index is 2.73. The van der Waals surface area contributed by atoms with Crippen LogP contribution in [0.4, 0.5) is 0 Å². The van der Waals surface area contributed by atoms with Gasteiger partial charge in [0.25, 0.3) is 0 Å². The predicted molar refractivity (Wildman–Crippen MR) is 66.8 cm³/mol. The first kappa shape index (κ1) is 12.6. The molecule has 2 unspecified atom stereocenters. The van der Waals surface area contributed by atoms with Gasteiger partial charge in [-0.1, -0.05) is 43.9 Å². The SMILES string of the molecule is C=COCC(OC=C)C1(C)C=CC(C)=CC1. The van der Waals surface area contributed by atoms with E-state index in [0.29, 0.717) is 6.61 Å². The van der Waals surface area contributed by atoms with Crippen LogP contribution in [-0.2, 0) is 9.47 Å². The van der Waals surface area contributed by atoms with Crippen molar-refractivity contribution in [3.63, 3.8) is 0 Å². The molecule has 2 heteroatoms. The minimum Gasteiger partial charge on any atom is -0.498 e. The fourth-order valence-electron chi connectivity index (χ4n) is 1.73. The van der Waals surface area contributed by atoms with Crippen molar-refractivity contribution in [1.29, 1.82) is 0 Å². The van der Waals surface area contributed by atoms with Gasteiger partial charge in [0.2, 0.25) is 0 Å². The average molecular weight is 220 g/mol. The maximum atomic E-state index is 5.53. The van der Waals surface area contributed by atoms with Gasteiger partial charge in [-0.2, -0.15) is 0 Å². The fraction of sp³-hybridized carbons (Fsp3) is 0.429. The second-order valence-electron chi connectivity index (χ2n) is 4.28. The van der Waals surface area contributed by atoms with Crippen molar-refractivity contribution >= 4 is 0 Å². The molecule has 2 nitrogen and oxygen atoms in total. The molecule has 88 valence electrons. The molecule has 2 atom stereocenters. The van der Waals surface area contributed by atoms with Crippen molar-refractivity contribution in [2.24, 2.45) is 5.41 Å². The van der Waals surface area contributed by atoms with Gasteiger partial charge in [-0.05, 0) is 13.3 Å².